The maximum absolute atomic E-state index is 13.0. The molecule has 172 valence electrons. The SMILES string of the molecule is O=C(C1CCN(S(=O)(=O)Cc2ccccc2Cl)CC1)N1CCN(Cc2ccccc2)CC1. The summed E-state index contributed by atoms with van der Waals surface area (Å²) in [5.74, 6) is -0.0239. The maximum Gasteiger partial charge on any atom is 0.225 e. The first-order chi connectivity index (χ1) is 15.4. The van der Waals surface area contributed by atoms with E-state index in [0.717, 1.165) is 32.7 Å². The van der Waals surface area contributed by atoms with Crippen LogP contribution in [0.15, 0.2) is 54.6 Å². The Labute approximate surface area is 195 Å². The van der Waals surface area contributed by atoms with Gasteiger partial charge in [0, 0.05) is 56.8 Å². The first-order valence-corrected chi connectivity index (χ1v) is 13.2. The van der Waals surface area contributed by atoms with Crippen LogP contribution in [-0.2, 0) is 27.1 Å². The molecule has 6 nitrogen and oxygen atoms in total. The van der Waals surface area contributed by atoms with Gasteiger partial charge in [0.1, 0.15) is 0 Å². The minimum absolute atomic E-state index is 0.0950. The monoisotopic (exact) mass is 475 g/mol. The molecule has 2 heterocycles. The second kappa shape index (κ2) is 10.3. The van der Waals surface area contributed by atoms with Crippen LogP contribution in [0.4, 0.5) is 0 Å². The fourth-order valence-corrected chi connectivity index (χ4v) is 6.39. The van der Waals surface area contributed by atoms with Gasteiger partial charge in [-0.15, -0.1) is 0 Å². The third kappa shape index (κ3) is 5.70. The molecule has 2 aliphatic rings. The van der Waals surface area contributed by atoms with Crippen molar-refractivity contribution in [3.63, 3.8) is 0 Å². The van der Waals surface area contributed by atoms with Gasteiger partial charge in [-0.2, -0.15) is 0 Å². The molecule has 0 aliphatic carbocycles. The first-order valence-electron chi connectivity index (χ1n) is 11.2. The van der Waals surface area contributed by atoms with Gasteiger partial charge in [-0.25, -0.2) is 12.7 Å². The average molecular weight is 476 g/mol. The summed E-state index contributed by atoms with van der Waals surface area (Å²) in [7, 11) is -3.45. The lowest BCUT2D eigenvalue weighted by molar-refractivity contribution is -0.138. The van der Waals surface area contributed by atoms with Gasteiger partial charge in [0.25, 0.3) is 0 Å². The van der Waals surface area contributed by atoms with E-state index in [0.29, 0.717) is 36.5 Å². The molecule has 0 bridgehead atoms. The number of amides is 1. The van der Waals surface area contributed by atoms with E-state index in [-0.39, 0.29) is 17.6 Å². The molecular formula is C24H30ClN3O3S. The standard InChI is InChI=1S/C24H30ClN3O3S/c25-23-9-5-4-8-22(23)19-32(30,31)28-12-10-21(11-13-28)24(29)27-16-14-26(15-17-27)18-20-6-2-1-3-7-20/h1-9,21H,10-19H2. The third-order valence-corrected chi connectivity index (χ3v) is 8.62. The number of halogens is 1. The molecule has 0 radical (unpaired) electrons. The Balaban J connectivity index is 1.25. The highest BCUT2D eigenvalue weighted by Crippen LogP contribution is 2.25. The van der Waals surface area contributed by atoms with Gasteiger partial charge in [-0.3, -0.25) is 9.69 Å². The van der Waals surface area contributed by atoms with E-state index in [9.17, 15) is 13.2 Å². The Bertz CT molecular complexity index is 1020. The number of piperazine rings is 1. The van der Waals surface area contributed by atoms with Crippen LogP contribution in [0.5, 0.6) is 0 Å². The van der Waals surface area contributed by atoms with Crippen LogP contribution in [0.1, 0.15) is 24.0 Å². The summed E-state index contributed by atoms with van der Waals surface area (Å²) in [6, 6.07) is 17.4. The van der Waals surface area contributed by atoms with Gasteiger partial charge in [0.2, 0.25) is 15.9 Å². The zero-order chi connectivity index (χ0) is 22.6. The van der Waals surface area contributed by atoms with Crippen molar-refractivity contribution in [1.82, 2.24) is 14.1 Å². The quantitative estimate of drug-likeness (QED) is 0.643. The topological polar surface area (TPSA) is 60.9 Å². The minimum Gasteiger partial charge on any atom is -0.340 e. The van der Waals surface area contributed by atoms with Crippen molar-refractivity contribution in [1.29, 1.82) is 0 Å². The number of sulfonamides is 1. The van der Waals surface area contributed by atoms with Crippen molar-refractivity contribution in [2.45, 2.75) is 25.1 Å². The number of nitrogens with zero attached hydrogens (tertiary/aromatic N) is 3. The van der Waals surface area contributed by atoms with E-state index >= 15 is 0 Å². The lowest BCUT2D eigenvalue weighted by Gasteiger charge is -2.38. The maximum atomic E-state index is 13.0. The van der Waals surface area contributed by atoms with Crippen molar-refractivity contribution in [3.05, 3.63) is 70.7 Å². The van der Waals surface area contributed by atoms with Gasteiger partial charge in [0.15, 0.2) is 0 Å². The van der Waals surface area contributed by atoms with E-state index < -0.39 is 10.0 Å². The van der Waals surface area contributed by atoms with E-state index in [1.54, 1.807) is 24.3 Å². The van der Waals surface area contributed by atoms with Crippen molar-refractivity contribution in [2.75, 3.05) is 39.3 Å². The van der Waals surface area contributed by atoms with Gasteiger partial charge in [-0.1, -0.05) is 60.1 Å². The summed E-state index contributed by atoms with van der Waals surface area (Å²) < 4.78 is 27.2. The zero-order valence-corrected chi connectivity index (χ0v) is 19.8. The molecule has 2 aliphatic heterocycles. The highest BCUT2D eigenvalue weighted by Gasteiger charge is 2.34. The minimum atomic E-state index is -3.45. The molecule has 0 N–H and O–H groups in total. The predicted octanol–water partition coefficient (Wildman–Crippen LogP) is 3.23. The molecule has 4 rings (SSSR count). The second-order valence-corrected chi connectivity index (χ2v) is 11.0. The van der Waals surface area contributed by atoms with E-state index in [2.05, 4.69) is 29.2 Å². The molecule has 0 atom stereocenters. The summed E-state index contributed by atoms with van der Waals surface area (Å²) in [5, 5.41) is 0.465. The number of carbonyl (C=O) groups excluding carboxylic acids is 1. The Morgan fingerprint density at radius 2 is 1.50 bits per heavy atom. The van der Waals surface area contributed by atoms with Crippen LogP contribution in [0.2, 0.25) is 5.02 Å². The summed E-state index contributed by atoms with van der Waals surface area (Å²) >= 11 is 6.14. The number of hydrogen-bond acceptors (Lipinski definition) is 4. The van der Waals surface area contributed by atoms with Gasteiger partial charge in [-0.05, 0) is 30.0 Å². The largest absolute Gasteiger partial charge is 0.340 e. The van der Waals surface area contributed by atoms with Crippen LogP contribution in [0.25, 0.3) is 0 Å². The second-order valence-electron chi connectivity index (χ2n) is 8.61. The molecule has 1 amide bonds. The van der Waals surface area contributed by atoms with Gasteiger partial charge < -0.3 is 4.90 Å². The smallest absolute Gasteiger partial charge is 0.225 e. The summed E-state index contributed by atoms with van der Waals surface area (Å²) in [6.45, 7) is 4.88. The van der Waals surface area contributed by atoms with Crippen LogP contribution in [0.3, 0.4) is 0 Å². The molecule has 2 fully saturated rings. The van der Waals surface area contributed by atoms with Crippen LogP contribution < -0.4 is 0 Å². The Kier molecular flexibility index (Phi) is 7.51. The van der Waals surface area contributed by atoms with Gasteiger partial charge in [0.05, 0.1) is 5.75 Å². The van der Waals surface area contributed by atoms with E-state index in [1.165, 1.54) is 9.87 Å². The Morgan fingerprint density at radius 1 is 0.875 bits per heavy atom. The highest BCUT2D eigenvalue weighted by molar-refractivity contribution is 7.88. The fraction of sp³-hybridized carbons (Fsp3) is 0.458. The summed E-state index contributed by atoms with van der Waals surface area (Å²) in [6.07, 6.45) is 1.15. The van der Waals surface area contributed by atoms with Crippen molar-refractivity contribution in [3.8, 4) is 0 Å². The van der Waals surface area contributed by atoms with E-state index in [4.69, 9.17) is 11.6 Å². The Morgan fingerprint density at radius 3 is 2.16 bits per heavy atom. The molecule has 0 saturated carbocycles. The van der Waals surface area contributed by atoms with Crippen LogP contribution >= 0.6 is 11.6 Å². The van der Waals surface area contributed by atoms with Gasteiger partial charge >= 0.3 is 0 Å². The third-order valence-electron chi connectivity index (χ3n) is 6.43. The van der Waals surface area contributed by atoms with Crippen LogP contribution in [0, 0.1) is 5.92 Å². The predicted molar refractivity (Wildman–Crippen MR) is 127 cm³/mol. The molecule has 2 aromatic rings. The zero-order valence-electron chi connectivity index (χ0n) is 18.2. The lowest BCUT2D eigenvalue weighted by atomic mass is 9.96. The lowest BCUT2D eigenvalue weighted by Crippen LogP contribution is -2.51. The molecule has 0 aromatic heterocycles. The fourth-order valence-electron chi connectivity index (χ4n) is 4.51. The summed E-state index contributed by atoms with van der Waals surface area (Å²) in [5.41, 5.74) is 1.90. The summed E-state index contributed by atoms with van der Waals surface area (Å²) in [4.78, 5) is 17.4. The Hall–Kier alpha value is -1.93. The molecular weight excluding hydrogens is 446 g/mol. The molecule has 2 saturated heterocycles. The van der Waals surface area contributed by atoms with Crippen molar-refractivity contribution in [2.24, 2.45) is 5.92 Å². The van der Waals surface area contributed by atoms with Crippen molar-refractivity contribution < 1.29 is 13.2 Å². The van der Waals surface area contributed by atoms with Crippen molar-refractivity contribution >= 4 is 27.5 Å². The molecule has 8 heteroatoms. The number of benzene rings is 2. The molecule has 0 spiro atoms. The number of rotatable bonds is 6. The van der Waals surface area contributed by atoms with E-state index in [1.807, 2.05) is 11.0 Å². The normalized spacial score (nSPS) is 19.2. The van der Waals surface area contributed by atoms with Crippen LogP contribution in [-0.4, -0.2) is 67.7 Å². The first kappa shape index (κ1) is 23.2. The average Bonchev–Trinajstić information content (AvgIpc) is 2.81. The number of hydrogen-bond donors (Lipinski definition) is 0. The number of piperidine rings is 1. The molecule has 2 aromatic carbocycles. The highest BCUT2D eigenvalue weighted by atomic mass is 35.5. The number of carbonyl (C=O) groups is 1. The molecule has 0 unspecified atom stereocenters. The molecule has 32 heavy (non-hydrogen) atoms.